The fourth-order valence-corrected chi connectivity index (χ4v) is 5.85. The Kier molecular flexibility index (Phi) is 9.07. The zero-order valence-electron chi connectivity index (χ0n) is 18.6. The zero-order chi connectivity index (χ0) is 23.4. The topological polar surface area (TPSA) is 35.3 Å². The Morgan fingerprint density at radius 2 is 1.09 bits per heavy atom. The first-order valence-electron chi connectivity index (χ1n) is 11.0. The van der Waals surface area contributed by atoms with E-state index in [1.165, 1.54) is 15.9 Å². The number of halogens is 1. The van der Waals surface area contributed by atoms with Crippen molar-refractivity contribution in [3.8, 4) is 17.2 Å². The van der Waals surface area contributed by atoms with E-state index in [4.69, 9.17) is 9.26 Å². The molecule has 0 bridgehead atoms. The third-order valence-electron chi connectivity index (χ3n) is 4.92. The molecule has 34 heavy (non-hydrogen) atoms. The average Bonchev–Trinajstić information content (AvgIpc) is 3.40. The minimum absolute atomic E-state index is 0.446. The molecule has 0 aliphatic rings. The van der Waals surface area contributed by atoms with Gasteiger partial charge in [0.05, 0.1) is 6.61 Å². The minimum Gasteiger partial charge on any atom is -0.475 e. The number of benzene rings is 4. The van der Waals surface area contributed by atoms with E-state index in [9.17, 15) is 0 Å². The lowest BCUT2D eigenvalue weighted by atomic mass is 10.2. The first-order valence-corrected chi connectivity index (χ1v) is 13.5. The molecule has 0 saturated carbocycles. The van der Waals surface area contributed by atoms with Crippen molar-refractivity contribution in [2.45, 2.75) is 0 Å². The van der Waals surface area contributed by atoms with Crippen LogP contribution in [0.3, 0.4) is 0 Å². The molecule has 5 aromatic rings. The SMILES string of the molecule is BrCCOc1cc(-c2ccccc2)on1.c1ccc(P(c2ccccc2)c2ccccc2)cc1. The van der Waals surface area contributed by atoms with Gasteiger partial charge in [-0.3, -0.25) is 0 Å². The number of alkyl halides is 1. The number of hydrogen-bond acceptors (Lipinski definition) is 3. The molecular formula is C29H25BrNO2P. The minimum atomic E-state index is -0.446. The summed E-state index contributed by atoms with van der Waals surface area (Å²) in [4.78, 5) is 0. The zero-order valence-corrected chi connectivity index (χ0v) is 21.1. The molecule has 0 radical (unpaired) electrons. The maximum absolute atomic E-state index is 5.31. The van der Waals surface area contributed by atoms with Gasteiger partial charge in [0, 0.05) is 17.0 Å². The molecule has 0 amide bonds. The second-order valence-electron chi connectivity index (χ2n) is 7.27. The number of aromatic nitrogens is 1. The van der Waals surface area contributed by atoms with Crippen LogP contribution in [0.5, 0.6) is 5.88 Å². The smallest absolute Gasteiger partial charge is 0.254 e. The quantitative estimate of drug-likeness (QED) is 0.177. The summed E-state index contributed by atoms with van der Waals surface area (Å²) < 4.78 is 10.5. The van der Waals surface area contributed by atoms with E-state index in [-0.39, 0.29) is 0 Å². The van der Waals surface area contributed by atoms with E-state index >= 15 is 0 Å². The van der Waals surface area contributed by atoms with Gasteiger partial charge in [-0.25, -0.2) is 0 Å². The molecule has 1 aromatic heterocycles. The lowest BCUT2D eigenvalue weighted by molar-refractivity contribution is 0.300. The van der Waals surface area contributed by atoms with Crippen molar-refractivity contribution < 1.29 is 9.26 Å². The summed E-state index contributed by atoms with van der Waals surface area (Å²) in [6, 6.07) is 43.9. The summed E-state index contributed by atoms with van der Waals surface area (Å²) in [6.07, 6.45) is 0. The van der Waals surface area contributed by atoms with Crippen LogP contribution in [0.25, 0.3) is 11.3 Å². The Morgan fingerprint density at radius 1 is 0.647 bits per heavy atom. The van der Waals surface area contributed by atoms with Crippen LogP contribution in [0.1, 0.15) is 0 Å². The molecule has 0 saturated heterocycles. The van der Waals surface area contributed by atoms with Gasteiger partial charge in [0.25, 0.3) is 5.88 Å². The standard InChI is InChI=1S/C18H15P.C11H10BrNO2/c1-4-10-16(11-5-1)19(17-12-6-2-7-13-17)18-14-8-3-9-15-18;12-6-7-14-11-8-10(15-13-11)9-4-2-1-3-5-9/h1-15H;1-5,8H,6-7H2. The summed E-state index contributed by atoms with van der Waals surface area (Å²) in [5.74, 6) is 1.24. The van der Waals surface area contributed by atoms with E-state index in [2.05, 4.69) is 112 Å². The normalized spacial score (nSPS) is 10.4. The van der Waals surface area contributed by atoms with Gasteiger partial charge in [-0.1, -0.05) is 137 Å². The molecule has 3 nitrogen and oxygen atoms in total. The maximum atomic E-state index is 5.31. The highest BCUT2D eigenvalue weighted by Crippen LogP contribution is 2.32. The van der Waals surface area contributed by atoms with Crippen molar-refractivity contribution in [1.29, 1.82) is 0 Å². The van der Waals surface area contributed by atoms with Crippen molar-refractivity contribution in [3.63, 3.8) is 0 Å². The van der Waals surface area contributed by atoms with E-state index in [1.54, 1.807) is 6.07 Å². The fraction of sp³-hybridized carbons (Fsp3) is 0.0690. The maximum Gasteiger partial charge on any atom is 0.254 e. The number of hydrogen-bond donors (Lipinski definition) is 0. The average molecular weight is 530 g/mol. The van der Waals surface area contributed by atoms with Gasteiger partial charge >= 0.3 is 0 Å². The van der Waals surface area contributed by atoms with E-state index in [1.807, 2.05) is 30.3 Å². The van der Waals surface area contributed by atoms with Crippen LogP contribution < -0.4 is 20.7 Å². The molecule has 0 fully saturated rings. The first-order chi connectivity index (χ1) is 16.8. The van der Waals surface area contributed by atoms with Crippen molar-refractivity contribution in [1.82, 2.24) is 5.16 Å². The largest absolute Gasteiger partial charge is 0.475 e. The molecule has 0 unspecified atom stereocenters. The van der Waals surface area contributed by atoms with E-state index in [0.29, 0.717) is 12.5 Å². The molecule has 5 rings (SSSR count). The third-order valence-corrected chi connectivity index (χ3v) is 7.68. The molecule has 0 atom stereocenters. The Morgan fingerprint density at radius 3 is 1.53 bits per heavy atom. The van der Waals surface area contributed by atoms with E-state index < -0.39 is 7.92 Å². The Balaban J connectivity index is 0.000000166. The van der Waals surface area contributed by atoms with Crippen molar-refractivity contribution in [3.05, 3.63) is 127 Å². The number of ether oxygens (including phenoxy) is 1. The molecule has 0 spiro atoms. The Hall–Kier alpha value is -3.20. The summed E-state index contributed by atoms with van der Waals surface area (Å²) >= 11 is 3.28. The Bertz CT molecular complexity index is 1140. The highest BCUT2D eigenvalue weighted by Gasteiger charge is 2.15. The molecule has 0 aliphatic carbocycles. The van der Waals surface area contributed by atoms with Gasteiger partial charge in [-0.15, -0.1) is 0 Å². The first kappa shape index (κ1) is 23.9. The number of nitrogens with zero attached hydrogens (tertiary/aromatic N) is 1. The molecule has 5 heteroatoms. The van der Waals surface area contributed by atoms with Crippen LogP contribution >= 0.6 is 23.9 Å². The Labute approximate surface area is 210 Å². The second kappa shape index (κ2) is 12.9. The molecule has 0 N–H and O–H groups in total. The number of rotatable bonds is 7. The second-order valence-corrected chi connectivity index (χ2v) is 10.3. The summed E-state index contributed by atoms with van der Waals surface area (Å²) in [5.41, 5.74) is 0.999. The fourth-order valence-electron chi connectivity index (χ4n) is 3.39. The van der Waals surface area contributed by atoms with E-state index in [0.717, 1.165) is 16.7 Å². The summed E-state index contributed by atoms with van der Waals surface area (Å²) in [5, 5.41) is 8.78. The van der Waals surface area contributed by atoms with Crippen molar-refractivity contribution in [2.24, 2.45) is 0 Å². The predicted molar refractivity (Wildman–Crippen MR) is 146 cm³/mol. The van der Waals surface area contributed by atoms with Gasteiger partial charge < -0.3 is 9.26 Å². The van der Waals surface area contributed by atoms with Crippen LogP contribution in [0, 0.1) is 0 Å². The van der Waals surface area contributed by atoms with Crippen molar-refractivity contribution in [2.75, 3.05) is 11.9 Å². The van der Waals surface area contributed by atoms with Gasteiger partial charge in [-0.05, 0) is 29.0 Å². The van der Waals surface area contributed by atoms with Crippen LogP contribution in [0.15, 0.2) is 132 Å². The highest BCUT2D eigenvalue weighted by molar-refractivity contribution is 9.09. The predicted octanol–water partition coefficient (Wildman–Crippen LogP) is 6.56. The van der Waals surface area contributed by atoms with Crippen LogP contribution in [-0.4, -0.2) is 17.1 Å². The van der Waals surface area contributed by atoms with Crippen LogP contribution in [-0.2, 0) is 0 Å². The lowest BCUT2D eigenvalue weighted by Gasteiger charge is -2.18. The molecule has 4 aromatic carbocycles. The highest BCUT2D eigenvalue weighted by atomic mass is 79.9. The summed E-state index contributed by atoms with van der Waals surface area (Å²) in [6.45, 7) is 0.584. The summed E-state index contributed by atoms with van der Waals surface area (Å²) in [7, 11) is -0.446. The van der Waals surface area contributed by atoms with Gasteiger partial charge in [0.2, 0.25) is 0 Å². The van der Waals surface area contributed by atoms with Gasteiger partial charge in [0.15, 0.2) is 5.76 Å². The van der Waals surface area contributed by atoms with Gasteiger partial charge in [0.1, 0.15) is 0 Å². The lowest BCUT2D eigenvalue weighted by Crippen LogP contribution is -2.20. The van der Waals surface area contributed by atoms with Crippen LogP contribution in [0.2, 0.25) is 0 Å². The van der Waals surface area contributed by atoms with Crippen LogP contribution in [0.4, 0.5) is 0 Å². The molecule has 0 aliphatic heterocycles. The van der Waals surface area contributed by atoms with Gasteiger partial charge in [-0.2, -0.15) is 0 Å². The molecular weight excluding hydrogens is 505 g/mol. The van der Waals surface area contributed by atoms with Crippen molar-refractivity contribution >= 4 is 39.8 Å². The molecule has 1 heterocycles. The monoisotopic (exact) mass is 529 g/mol. The third kappa shape index (κ3) is 6.66. The molecule has 170 valence electrons.